The molecule has 3 nitrogen and oxygen atoms in total. The first-order valence-corrected chi connectivity index (χ1v) is 8.06. The zero-order chi connectivity index (χ0) is 14.3. The van der Waals surface area contributed by atoms with E-state index in [0.717, 1.165) is 26.1 Å². The molecule has 0 atom stereocenters. The summed E-state index contributed by atoms with van der Waals surface area (Å²) in [6, 6.07) is 14.7. The smallest absolute Gasteiger partial charge is 0.0659 e. The van der Waals surface area contributed by atoms with Gasteiger partial charge < -0.3 is 5.32 Å². The molecule has 3 rings (SSSR count). The fourth-order valence-corrected chi connectivity index (χ4v) is 2.96. The van der Waals surface area contributed by atoms with Crippen molar-refractivity contribution < 1.29 is 0 Å². The van der Waals surface area contributed by atoms with E-state index in [4.69, 9.17) is 0 Å². The van der Waals surface area contributed by atoms with Crippen LogP contribution in [0.15, 0.2) is 60.2 Å². The van der Waals surface area contributed by atoms with Gasteiger partial charge in [-0.3, -0.25) is 4.68 Å². The molecule has 1 aromatic carbocycles. The largest absolute Gasteiger partial charge is 0.312 e. The standard InChI is InChI=1S/C17H19N3S/c1-2-5-15(6-3-1)13-20-14-16(12-19-20)11-18-9-8-17-7-4-10-21-17/h1-7,10,12,14,18H,8-9,11,13H2. The van der Waals surface area contributed by atoms with Crippen molar-refractivity contribution in [3.8, 4) is 0 Å². The summed E-state index contributed by atoms with van der Waals surface area (Å²) in [6.45, 7) is 2.71. The van der Waals surface area contributed by atoms with E-state index in [2.05, 4.69) is 58.4 Å². The lowest BCUT2D eigenvalue weighted by Crippen LogP contribution is -2.15. The minimum Gasteiger partial charge on any atom is -0.312 e. The lowest BCUT2D eigenvalue weighted by molar-refractivity contribution is 0.676. The third-order valence-electron chi connectivity index (χ3n) is 3.33. The molecule has 0 aliphatic carbocycles. The maximum atomic E-state index is 4.42. The van der Waals surface area contributed by atoms with Gasteiger partial charge >= 0.3 is 0 Å². The molecule has 4 heteroatoms. The van der Waals surface area contributed by atoms with Gasteiger partial charge in [0.2, 0.25) is 0 Å². The number of rotatable bonds is 7. The Labute approximate surface area is 129 Å². The van der Waals surface area contributed by atoms with Crippen molar-refractivity contribution in [2.24, 2.45) is 0 Å². The lowest BCUT2D eigenvalue weighted by Gasteiger charge is -2.02. The van der Waals surface area contributed by atoms with Crippen LogP contribution in [0.4, 0.5) is 0 Å². The first kappa shape index (κ1) is 14.0. The Morgan fingerprint density at radius 1 is 1.05 bits per heavy atom. The van der Waals surface area contributed by atoms with Crippen LogP contribution >= 0.6 is 11.3 Å². The maximum Gasteiger partial charge on any atom is 0.0659 e. The molecular weight excluding hydrogens is 278 g/mol. The molecule has 0 bridgehead atoms. The summed E-state index contributed by atoms with van der Waals surface area (Å²) in [5.74, 6) is 0. The lowest BCUT2D eigenvalue weighted by atomic mass is 10.2. The SMILES string of the molecule is c1ccc(Cn2cc(CNCCc3cccs3)cn2)cc1. The molecule has 0 saturated carbocycles. The van der Waals surface area contributed by atoms with E-state index in [9.17, 15) is 0 Å². The van der Waals surface area contributed by atoms with Gasteiger partial charge in [0.05, 0.1) is 12.7 Å². The predicted molar refractivity (Wildman–Crippen MR) is 87.5 cm³/mol. The summed E-state index contributed by atoms with van der Waals surface area (Å²) in [6.07, 6.45) is 5.15. The Morgan fingerprint density at radius 3 is 2.76 bits per heavy atom. The Kier molecular flexibility index (Phi) is 4.82. The van der Waals surface area contributed by atoms with Crippen LogP contribution < -0.4 is 5.32 Å². The first-order valence-electron chi connectivity index (χ1n) is 7.18. The van der Waals surface area contributed by atoms with E-state index in [1.54, 1.807) is 0 Å². The van der Waals surface area contributed by atoms with Gasteiger partial charge in [-0.15, -0.1) is 11.3 Å². The molecule has 0 saturated heterocycles. The summed E-state index contributed by atoms with van der Waals surface area (Å²) in [4.78, 5) is 1.43. The summed E-state index contributed by atoms with van der Waals surface area (Å²) in [5.41, 5.74) is 2.51. The minimum absolute atomic E-state index is 0.829. The average molecular weight is 297 g/mol. The van der Waals surface area contributed by atoms with Crippen molar-refractivity contribution >= 4 is 11.3 Å². The molecule has 1 N–H and O–H groups in total. The third kappa shape index (κ3) is 4.28. The van der Waals surface area contributed by atoms with Crippen molar-refractivity contribution in [2.75, 3.05) is 6.54 Å². The van der Waals surface area contributed by atoms with Crippen LogP contribution in [-0.2, 0) is 19.5 Å². The first-order chi connectivity index (χ1) is 10.4. The normalized spacial score (nSPS) is 10.9. The number of nitrogens with one attached hydrogen (secondary N) is 1. The van der Waals surface area contributed by atoms with Crippen LogP contribution in [-0.4, -0.2) is 16.3 Å². The summed E-state index contributed by atoms with van der Waals surface area (Å²) >= 11 is 1.82. The number of benzene rings is 1. The fraction of sp³-hybridized carbons (Fsp3) is 0.235. The molecule has 2 aromatic heterocycles. The van der Waals surface area contributed by atoms with Gasteiger partial charge in [0, 0.05) is 29.7 Å². The van der Waals surface area contributed by atoms with Gasteiger partial charge in [-0.05, 0) is 23.4 Å². The number of aromatic nitrogens is 2. The number of nitrogens with zero attached hydrogens (tertiary/aromatic N) is 2. The van der Waals surface area contributed by atoms with Crippen LogP contribution in [0.2, 0.25) is 0 Å². The molecular formula is C17H19N3S. The second-order valence-corrected chi connectivity index (χ2v) is 6.07. The zero-order valence-electron chi connectivity index (χ0n) is 11.9. The fourth-order valence-electron chi connectivity index (χ4n) is 2.25. The number of hydrogen-bond donors (Lipinski definition) is 1. The molecule has 0 unspecified atom stereocenters. The van der Waals surface area contributed by atoms with Crippen LogP contribution in [0.5, 0.6) is 0 Å². The van der Waals surface area contributed by atoms with E-state index in [0.29, 0.717) is 0 Å². The molecule has 0 fully saturated rings. The minimum atomic E-state index is 0.829. The molecule has 2 heterocycles. The number of hydrogen-bond acceptors (Lipinski definition) is 3. The van der Waals surface area contributed by atoms with E-state index in [1.165, 1.54) is 16.0 Å². The van der Waals surface area contributed by atoms with Gasteiger partial charge in [-0.25, -0.2) is 0 Å². The van der Waals surface area contributed by atoms with E-state index < -0.39 is 0 Å². The molecule has 108 valence electrons. The molecule has 3 aromatic rings. The van der Waals surface area contributed by atoms with Gasteiger partial charge in [0.1, 0.15) is 0 Å². The van der Waals surface area contributed by atoms with E-state index >= 15 is 0 Å². The quantitative estimate of drug-likeness (QED) is 0.678. The predicted octanol–water partition coefficient (Wildman–Crippen LogP) is 3.33. The summed E-state index contributed by atoms with van der Waals surface area (Å²) in [5, 5.41) is 10.0. The topological polar surface area (TPSA) is 29.9 Å². The van der Waals surface area contributed by atoms with Crippen LogP contribution in [0.25, 0.3) is 0 Å². The van der Waals surface area contributed by atoms with Gasteiger partial charge in [0.15, 0.2) is 0 Å². The second kappa shape index (κ2) is 7.20. The van der Waals surface area contributed by atoms with E-state index in [-0.39, 0.29) is 0 Å². The van der Waals surface area contributed by atoms with Gasteiger partial charge in [0.25, 0.3) is 0 Å². The third-order valence-corrected chi connectivity index (χ3v) is 4.27. The zero-order valence-corrected chi connectivity index (χ0v) is 12.7. The monoisotopic (exact) mass is 297 g/mol. The van der Waals surface area contributed by atoms with Crippen molar-refractivity contribution in [1.29, 1.82) is 0 Å². The van der Waals surface area contributed by atoms with Crippen molar-refractivity contribution in [1.82, 2.24) is 15.1 Å². The highest BCUT2D eigenvalue weighted by Crippen LogP contribution is 2.08. The Hall–Kier alpha value is -1.91. The van der Waals surface area contributed by atoms with Crippen molar-refractivity contribution in [3.05, 3.63) is 76.2 Å². The highest BCUT2D eigenvalue weighted by Gasteiger charge is 2.00. The maximum absolute atomic E-state index is 4.42. The molecule has 0 amide bonds. The van der Waals surface area contributed by atoms with Crippen LogP contribution in [0.1, 0.15) is 16.0 Å². The summed E-state index contributed by atoms with van der Waals surface area (Å²) < 4.78 is 1.99. The van der Waals surface area contributed by atoms with Crippen molar-refractivity contribution in [2.45, 2.75) is 19.5 Å². The van der Waals surface area contributed by atoms with Crippen LogP contribution in [0, 0.1) is 0 Å². The second-order valence-electron chi connectivity index (χ2n) is 5.04. The highest BCUT2D eigenvalue weighted by atomic mass is 32.1. The average Bonchev–Trinajstić information content (AvgIpc) is 3.17. The van der Waals surface area contributed by atoms with Gasteiger partial charge in [-0.2, -0.15) is 5.10 Å². The molecule has 21 heavy (non-hydrogen) atoms. The molecule has 0 spiro atoms. The molecule has 0 aliphatic rings. The van der Waals surface area contributed by atoms with Gasteiger partial charge in [-0.1, -0.05) is 36.4 Å². The Morgan fingerprint density at radius 2 is 1.95 bits per heavy atom. The van der Waals surface area contributed by atoms with Crippen molar-refractivity contribution in [3.63, 3.8) is 0 Å². The molecule has 0 radical (unpaired) electrons. The Balaban J connectivity index is 1.44. The summed E-state index contributed by atoms with van der Waals surface area (Å²) in [7, 11) is 0. The molecule has 0 aliphatic heterocycles. The highest BCUT2D eigenvalue weighted by molar-refractivity contribution is 7.09. The van der Waals surface area contributed by atoms with Crippen LogP contribution in [0.3, 0.4) is 0 Å². The van der Waals surface area contributed by atoms with E-state index in [1.807, 2.05) is 28.3 Å². The number of thiophene rings is 1. The Bertz CT molecular complexity index is 644.